The molecule has 2 nitrogen and oxygen atoms in total. The molecule has 0 aliphatic heterocycles. The molecule has 0 unspecified atom stereocenters. The minimum atomic E-state index is 0.996. The third-order valence-electron chi connectivity index (χ3n) is 3.65. The summed E-state index contributed by atoms with van der Waals surface area (Å²) in [6.45, 7) is 4.21. The highest BCUT2D eigenvalue weighted by molar-refractivity contribution is 5.85. The molecule has 0 aliphatic rings. The van der Waals surface area contributed by atoms with Gasteiger partial charge in [-0.2, -0.15) is 0 Å². The summed E-state index contributed by atoms with van der Waals surface area (Å²) in [6, 6.07) is 17.0. The number of hydrogen-bond acceptors (Lipinski definition) is 2. The monoisotopic (exact) mass is 280 g/mol. The Bertz CT molecular complexity index is 610. The zero-order valence-electron chi connectivity index (χ0n) is 13.4. The largest absolute Gasteiger partial charge is 0.378 e. The van der Waals surface area contributed by atoms with E-state index in [1.807, 2.05) is 6.07 Å². The second kappa shape index (κ2) is 7.07. The number of benzene rings is 2. The van der Waals surface area contributed by atoms with Crippen molar-refractivity contribution in [3.8, 4) is 0 Å². The molecule has 0 fully saturated rings. The lowest BCUT2D eigenvalue weighted by Crippen LogP contribution is -2.08. The van der Waals surface area contributed by atoms with E-state index >= 15 is 0 Å². The van der Waals surface area contributed by atoms with E-state index in [4.69, 9.17) is 4.99 Å². The fourth-order valence-corrected chi connectivity index (χ4v) is 2.24. The Hall–Kier alpha value is -2.09. The van der Waals surface area contributed by atoms with Crippen molar-refractivity contribution in [1.82, 2.24) is 0 Å². The van der Waals surface area contributed by atoms with Crippen molar-refractivity contribution >= 4 is 17.1 Å². The average molecular weight is 280 g/mol. The molecule has 0 aliphatic carbocycles. The SMILES string of the molecule is CC(CCc1ccc(N(C)C)cc1)=Nc1ccccc1C. The Morgan fingerprint density at radius 2 is 1.67 bits per heavy atom. The third kappa shape index (κ3) is 4.45. The smallest absolute Gasteiger partial charge is 0.0658 e. The number of nitrogens with zero attached hydrogens (tertiary/aromatic N) is 2. The van der Waals surface area contributed by atoms with E-state index in [-0.39, 0.29) is 0 Å². The van der Waals surface area contributed by atoms with E-state index in [9.17, 15) is 0 Å². The van der Waals surface area contributed by atoms with Crippen molar-refractivity contribution in [2.24, 2.45) is 4.99 Å². The molecule has 2 aromatic carbocycles. The summed E-state index contributed by atoms with van der Waals surface area (Å²) in [5.41, 5.74) is 6.09. The van der Waals surface area contributed by atoms with Gasteiger partial charge in [0.2, 0.25) is 0 Å². The van der Waals surface area contributed by atoms with Crippen LogP contribution >= 0.6 is 0 Å². The zero-order valence-corrected chi connectivity index (χ0v) is 13.4. The first-order chi connectivity index (χ1) is 10.1. The van der Waals surface area contributed by atoms with Gasteiger partial charge in [-0.15, -0.1) is 0 Å². The van der Waals surface area contributed by atoms with Crippen LogP contribution in [-0.4, -0.2) is 19.8 Å². The quantitative estimate of drug-likeness (QED) is 0.719. The summed E-state index contributed by atoms with van der Waals surface area (Å²) in [7, 11) is 4.13. The van der Waals surface area contributed by atoms with Gasteiger partial charge in [-0.25, -0.2) is 0 Å². The van der Waals surface area contributed by atoms with Crippen LogP contribution in [0.3, 0.4) is 0 Å². The highest BCUT2D eigenvalue weighted by atomic mass is 15.1. The Morgan fingerprint density at radius 3 is 2.29 bits per heavy atom. The van der Waals surface area contributed by atoms with E-state index in [2.05, 4.69) is 75.3 Å². The Balaban J connectivity index is 1.97. The number of aliphatic imine (C=N–C) groups is 1. The van der Waals surface area contributed by atoms with Crippen molar-refractivity contribution in [3.63, 3.8) is 0 Å². The Labute approximate surface area is 128 Å². The molecule has 0 amide bonds. The molecule has 2 aromatic rings. The summed E-state index contributed by atoms with van der Waals surface area (Å²) >= 11 is 0. The highest BCUT2D eigenvalue weighted by Gasteiger charge is 2.00. The van der Waals surface area contributed by atoms with Crippen LogP contribution in [0, 0.1) is 6.92 Å². The van der Waals surface area contributed by atoms with Crippen molar-refractivity contribution in [3.05, 3.63) is 59.7 Å². The van der Waals surface area contributed by atoms with E-state index in [1.54, 1.807) is 0 Å². The van der Waals surface area contributed by atoms with Gasteiger partial charge in [-0.3, -0.25) is 4.99 Å². The predicted octanol–water partition coefficient (Wildman–Crippen LogP) is 4.79. The molecule has 0 saturated heterocycles. The second-order valence-corrected chi connectivity index (χ2v) is 5.69. The van der Waals surface area contributed by atoms with Gasteiger partial charge in [0.1, 0.15) is 0 Å². The molecule has 110 valence electrons. The summed E-state index contributed by atoms with van der Waals surface area (Å²) in [4.78, 5) is 6.85. The van der Waals surface area contributed by atoms with Crippen LogP contribution in [-0.2, 0) is 6.42 Å². The molecule has 0 N–H and O–H groups in total. The fourth-order valence-electron chi connectivity index (χ4n) is 2.24. The van der Waals surface area contributed by atoms with Gasteiger partial charge < -0.3 is 4.90 Å². The molecule has 0 saturated carbocycles. The third-order valence-corrected chi connectivity index (χ3v) is 3.65. The van der Waals surface area contributed by atoms with Crippen LogP contribution in [0.25, 0.3) is 0 Å². The van der Waals surface area contributed by atoms with Gasteiger partial charge in [-0.05, 0) is 56.0 Å². The number of anilines is 1. The molecule has 21 heavy (non-hydrogen) atoms. The lowest BCUT2D eigenvalue weighted by atomic mass is 10.1. The van der Waals surface area contributed by atoms with Crippen LogP contribution in [0.4, 0.5) is 11.4 Å². The molecule has 0 radical (unpaired) electrons. The topological polar surface area (TPSA) is 15.6 Å². The Kier molecular flexibility index (Phi) is 5.15. The molecule has 2 heteroatoms. The van der Waals surface area contributed by atoms with Gasteiger partial charge in [0.05, 0.1) is 5.69 Å². The van der Waals surface area contributed by atoms with E-state index in [1.165, 1.54) is 22.5 Å². The van der Waals surface area contributed by atoms with E-state index in [0.29, 0.717) is 0 Å². The summed E-state index contributed by atoms with van der Waals surface area (Å²) < 4.78 is 0. The first-order valence-electron chi connectivity index (χ1n) is 7.42. The molecule has 0 heterocycles. The molecule has 0 spiro atoms. The van der Waals surface area contributed by atoms with Crippen LogP contribution in [0.5, 0.6) is 0 Å². The highest BCUT2D eigenvalue weighted by Crippen LogP contribution is 2.18. The maximum absolute atomic E-state index is 4.73. The minimum Gasteiger partial charge on any atom is -0.378 e. The number of rotatable bonds is 5. The lowest BCUT2D eigenvalue weighted by molar-refractivity contribution is 1.03. The summed E-state index contributed by atoms with van der Waals surface area (Å²) in [5, 5.41) is 0. The van der Waals surface area contributed by atoms with Crippen molar-refractivity contribution in [2.45, 2.75) is 26.7 Å². The van der Waals surface area contributed by atoms with Crippen molar-refractivity contribution in [1.29, 1.82) is 0 Å². The standard InChI is InChI=1S/C19H24N2/c1-15-7-5-6-8-19(15)20-16(2)9-10-17-11-13-18(14-12-17)21(3)4/h5-8,11-14H,9-10H2,1-4H3. The van der Waals surface area contributed by atoms with Crippen LogP contribution in [0.2, 0.25) is 0 Å². The van der Waals surface area contributed by atoms with Gasteiger partial charge in [-0.1, -0.05) is 30.3 Å². The summed E-state index contributed by atoms with van der Waals surface area (Å²) in [5.74, 6) is 0. The van der Waals surface area contributed by atoms with Gasteiger partial charge in [0, 0.05) is 25.5 Å². The number of aryl methyl sites for hydroxylation is 2. The molecular formula is C19H24N2. The van der Waals surface area contributed by atoms with E-state index in [0.717, 1.165) is 18.5 Å². The molecule has 0 atom stereocenters. The molecule has 0 bridgehead atoms. The predicted molar refractivity (Wildman–Crippen MR) is 93.0 cm³/mol. The first kappa shape index (κ1) is 15.3. The van der Waals surface area contributed by atoms with Crippen molar-refractivity contribution in [2.75, 3.05) is 19.0 Å². The van der Waals surface area contributed by atoms with Crippen LogP contribution < -0.4 is 4.90 Å². The van der Waals surface area contributed by atoms with Gasteiger partial charge >= 0.3 is 0 Å². The maximum atomic E-state index is 4.73. The lowest BCUT2D eigenvalue weighted by Gasteiger charge is -2.12. The normalized spacial score (nSPS) is 11.5. The fraction of sp³-hybridized carbons (Fsp3) is 0.316. The second-order valence-electron chi connectivity index (χ2n) is 5.69. The number of para-hydroxylation sites is 1. The maximum Gasteiger partial charge on any atom is 0.0658 e. The molecular weight excluding hydrogens is 256 g/mol. The number of hydrogen-bond donors (Lipinski definition) is 0. The van der Waals surface area contributed by atoms with Crippen LogP contribution in [0.15, 0.2) is 53.5 Å². The average Bonchev–Trinajstić information content (AvgIpc) is 2.48. The van der Waals surface area contributed by atoms with Gasteiger partial charge in [0.25, 0.3) is 0 Å². The van der Waals surface area contributed by atoms with Crippen LogP contribution in [0.1, 0.15) is 24.5 Å². The Morgan fingerprint density at radius 1 is 1.00 bits per heavy atom. The summed E-state index contributed by atoms with van der Waals surface area (Å²) in [6.07, 6.45) is 2.03. The minimum absolute atomic E-state index is 0.996. The first-order valence-corrected chi connectivity index (χ1v) is 7.42. The molecule has 0 aromatic heterocycles. The van der Waals surface area contributed by atoms with E-state index < -0.39 is 0 Å². The zero-order chi connectivity index (χ0) is 15.2. The van der Waals surface area contributed by atoms with Gasteiger partial charge in [0.15, 0.2) is 0 Å². The molecule has 2 rings (SSSR count). The van der Waals surface area contributed by atoms with Crippen molar-refractivity contribution < 1.29 is 0 Å².